The van der Waals surface area contributed by atoms with Crippen molar-refractivity contribution in [1.82, 2.24) is 0 Å². The summed E-state index contributed by atoms with van der Waals surface area (Å²) >= 11 is 0.355. The fourth-order valence-corrected chi connectivity index (χ4v) is 0. The van der Waals surface area contributed by atoms with Gasteiger partial charge in [0.25, 0.3) is 0 Å². The Bertz CT molecular complexity index is 36.2. The zero-order valence-electron chi connectivity index (χ0n) is 2.04. The Kier molecular flexibility index (Phi) is 41.1. The van der Waals surface area contributed by atoms with Gasteiger partial charge in [-0.25, -0.2) is 0 Å². The maximum atomic E-state index is 8.54. The molecule has 5 heavy (non-hydrogen) atoms. The topological polar surface area (TPSA) is 51.2 Å². The third-order valence-electron chi connectivity index (χ3n) is 0. The van der Waals surface area contributed by atoms with Crippen molar-refractivity contribution in [3.63, 3.8) is 0 Å². The van der Waals surface area contributed by atoms with E-state index in [4.69, 9.17) is 10.1 Å². The van der Waals surface area contributed by atoms with E-state index >= 15 is 0 Å². The Morgan fingerprint density at radius 1 is 1.20 bits per heavy atom. The van der Waals surface area contributed by atoms with E-state index in [9.17, 15) is 0 Å². The zero-order valence-corrected chi connectivity index (χ0v) is 5.88. The Morgan fingerprint density at radius 2 is 1.20 bits per heavy atom. The van der Waals surface area contributed by atoms with Gasteiger partial charge in [0, 0.05) is 0 Å². The van der Waals surface area contributed by atoms with Crippen LogP contribution in [0.15, 0.2) is 0 Å². The number of rotatable bonds is 0. The van der Waals surface area contributed by atoms with E-state index in [2.05, 4.69) is 15.4 Å². The summed E-state index contributed by atoms with van der Waals surface area (Å²) in [5, 5.41) is 0. The van der Waals surface area contributed by atoms with Crippen LogP contribution in [0.2, 0.25) is 0 Å². The van der Waals surface area contributed by atoms with Gasteiger partial charge in [0.1, 0.15) is 0 Å². The van der Waals surface area contributed by atoms with E-state index in [0.29, 0.717) is 0 Å². The first-order chi connectivity index (χ1) is 2.41. The minimum absolute atomic E-state index is 2.27. The van der Waals surface area contributed by atoms with Gasteiger partial charge in [-0.2, -0.15) is 0 Å². The molecule has 0 unspecified atom stereocenters. The fourth-order valence-electron chi connectivity index (χ4n) is 0. The van der Waals surface area contributed by atoms with Gasteiger partial charge in [0.15, 0.2) is 0 Å². The van der Waals surface area contributed by atoms with Gasteiger partial charge >= 0.3 is 46.6 Å². The molecule has 0 saturated carbocycles. The summed E-state index contributed by atoms with van der Waals surface area (Å²) < 4.78 is 25.0. The summed E-state index contributed by atoms with van der Waals surface area (Å²) in [4.78, 5) is 0. The number of hydrogen-bond donors (Lipinski definition) is 0. The van der Waals surface area contributed by atoms with E-state index in [1.54, 1.807) is 0 Å². The van der Waals surface area contributed by atoms with E-state index in [0.717, 1.165) is 0 Å². The predicted octanol–water partition coefficient (Wildman–Crippen LogP) is -0.740. The summed E-state index contributed by atoms with van der Waals surface area (Å²) in [6.45, 7) is 0. The normalized spacial score (nSPS) is 2.80. The van der Waals surface area contributed by atoms with Crippen LogP contribution in [-0.2, 0) is 25.4 Å². The fraction of sp³-hybridized carbons (Fsp3) is 0. The molecule has 0 heterocycles. The molecule has 0 aromatic heterocycles. The van der Waals surface area contributed by atoms with Crippen molar-refractivity contribution in [1.29, 1.82) is 0 Å². The van der Waals surface area contributed by atoms with Crippen LogP contribution in [0.3, 0.4) is 0 Å². The Labute approximate surface area is 46.7 Å². The van der Waals surface area contributed by atoms with Crippen molar-refractivity contribution in [2.75, 3.05) is 0 Å². The van der Waals surface area contributed by atoms with Crippen LogP contribution in [0.4, 0.5) is 0 Å². The average molecular weight is 225 g/mol. The number of hydrogen-bond acceptors (Lipinski definition) is 3. The van der Waals surface area contributed by atoms with Crippen LogP contribution < -0.4 is 0 Å². The molecule has 0 amide bonds. The molecule has 0 aromatic rings. The third kappa shape index (κ3) is 71.0. The second-order valence-electron chi connectivity index (χ2n) is 0.0833. The first kappa shape index (κ1) is 9.19. The van der Waals surface area contributed by atoms with Crippen LogP contribution in [0.5, 0.6) is 0 Å². The van der Waals surface area contributed by atoms with Gasteiger partial charge in [-0.1, -0.05) is 0 Å². The molecule has 0 atom stereocenters. The quantitative estimate of drug-likeness (QED) is 0.510. The molecule has 0 aromatic carbocycles. The summed E-state index contributed by atoms with van der Waals surface area (Å²) in [7, 11) is 0. The summed E-state index contributed by atoms with van der Waals surface area (Å²) in [6.07, 6.45) is 0. The minimum atomic E-state index is -2.27. The first-order valence-corrected chi connectivity index (χ1v) is 3.27. The molecule has 0 fully saturated rings. The second kappa shape index (κ2) is 22.3. The van der Waals surface area contributed by atoms with Gasteiger partial charge in [-0.15, -0.1) is 0 Å². The summed E-state index contributed by atoms with van der Waals surface area (Å²) in [6, 6.07) is 0. The van der Waals surface area contributed by atoms with Gasteiger partial charge in [0.2, 0.25) is 0 Å². The van der Waals surface area contributed by atoms with Gasteiger partial charge in [0.05, 0.1) is 0 Å². The van der Waals surface area contributed by atoms with E-state index in [-0.39, 0.29) is 0 Å². The Morgan fingerprint density at radius 3 is 1.20 bits per heavy atom. The molecule has 5 heteroatoms. The summed E-state index contributed by atoms with van der Waals surface area (Å²) in [5.74, 6) is 0. The molecule has 32 valence electrons. The monoisotopic (exact) mass is 226 g/mol. The molecular formula is NiO3Sn. The molecular weight excluding hydrogens is 225 g/mol. The molecule has 0 saturated heterocycles. The van der Waals surface area contributed by atoms with Gasteiger partial charge in [-0.05, 0) is 0 Å². The van der Waals surface area contributed by atoms with Crippen molar-refractivity contribution < 1.29 is 25.4 Å². The Hall–Kier alpha value is 0.692. The van der Waals surface area contributed by atoms with Crippen molar-refractivity contribution in [3.05, 3.63) is 0 Å². The van der Waals surface area contributed by atoms with Crippen LogP contribution in [0.1, 0.15) is 0 Å². The third-order valence-corrected chi connectivity index (χ3v) is 0. The van der Waals surface area contributed by atoms with Crippen molar-refractivity contribution in [3.8, 4) is 0 Å². The van der Waals surface area contributed by atoms with Crippen LogP contribution in [0.25, 0.3) is 0 Å². The van der Waals surface area contributed by atoms with E-state index < -0.39 is 21.1 Å². The van der Waals surface area contributed by atoms with E-state index in [1.807, 2.05) is 0 Å². The zero-order chi connectivity index (χ0) is 4.71. The summed E-state index contributed by atoms with van der Waals surface area (Å²) in [5.41, 5.74) is 0. The average Bonchev–Trinajstić information content (AvgIpc) is 1.46. The first-order valence-electron chi connectivity index (χ1n) is 0.537. The molecule has 0 radical (unpaired) electrons. The van der Waals surface area contributed by atoms with Crippen LogP contribution in [-0.4, -0.2) is 21.1 Å². The van der Waals surface area contributed by atoms with Crippen molar-refractivity contribution in [2.45, 2.75) is 0 Å². The van der Waals surface area contributed by atoms with E-state index in [1.165, 1.54) is 0 Å². The molecule has 0 aliphatic heterocycles. The van der Waals surface area contributed by atoms with Gasteiger partial charge < -0.3 is 0 Å². The van der Waals surface area contributed by atoms with Crippen LogP contribution in [0, 0.1) is 0 Å². The molecule has 0 N–H and O–H groups in total. The molecule has 0 spiro atoms. The van der Waals surface area contributed by atoms with Gasteiger partial charge in [-0.3, -0.25) is 0 Å². The molecule has 0 aliphatic rings. The maximum absolute atomic E-state index is 8.54. The Balaban J connectivity index is 0. The standard InChI is InChI=1S/Ni.3O.Sn. The molecule has 0 bridgehead atoms. The molecule has 0 aliphatic carbocycles. The molecule has 0 rings (SSSR count). The van der Waals surface area contributed by atoms with Crippen LogP contribution >= 0.6 is 0 Å². The van der Waals surface area contributed by atoms with Crippen molar-refractivity contribution in [2.24, 2.45) is 0 Å². The SMILES string of the molecule is [O]=[Ni].[O]=[Sn]=[O]. The van der Waals surface area contributed by atoms with Crippen molar-refractivity contribution >= 4 is 21.1 Å². The molecule has 3 nitrogen and oxygen atoms in total. The predicted molar refractivity (Wildman–Crippen MR) is 7.81 cm³/mol. The second-order valence-corrected chi connectivity index (χ2v) is 0.559.